The van der Waals surface area contributed by atoms with Crippen LogP contribution in [0.25, 0.3) is 0 Å². The fraction of sp³-hybridized carbons (Fsp3) is 0.421. The Morgan fingerprint density at radius 3 is 2.52 bits per heavy atom. The number of anilines is 1. The van der Waals surface area contributed by atoms with Crippen LogP contribution in [0.4, 0.5) is 5.82 Å². The number of carboxylic acid groups (broad SMARTS) is 1. The standard InChI is InChI=1S/C19H23N3O3/c1-13-7-9-15(10-8-13)18(23)20-17-11-16(19(24)25)21-22(17)12-14-5-3-2-4-6-14/h7-11,14H,2-6,12H2,1H3,(H,20,23)(H,24,25). The number of rotatable bonds is 5. The molecular formula is C19H23N3O3. The molecule has 1 aliphatic carbocycles. The van der Waals surface area contributed by atoms with Crippen molar-refractivity contribution in [3.63, 3.8) is 0 Å². The van der Waals surface area contributed by atoms with Crippen LogP contribution in [-0.4, -0.2) is 26.8 Å². The Labute approximate surface area is 146 Å². The van der Waals surface area contributed by atoms with E-state index < -0.39 is 5.97 Å². The molecule has 6 heteroatoms. The largest absolute Gasteiger partial charge is 0.476 e. The van der Waals surface area contributed by atoms with Gasteiger partial charge in [-0.05, 0) is 37.8 Å². The first-order valence-corrected chi connectivity index (χ1v) is 8.72. The zero-order chi connectivity index (χ0) is 17.8. The van der Waals surface area contributed by atoms with Crippen molar-refractivity contribution in [2.45, 2.75) is 45.6 Å². The molecule has 1 aromatic carbocycles. The highest BCUT2D eigenvalue weighted by Gasteiger charge is 2.20. The maximum Gasteiger partial charge on any atom is 0.356 e. The number of carboxylic acids is 1. The molecule has 2 N–H and O–H groups in total. The maximum atomic E-state index is 12.4. The molecule has 6 nitrogen and oxygen atoms in total. The molecule has 0 bridgehead atoms. The molecule has 3 rings (SSSR count). The molecule has 132 valence electrons. The van der Waals surface area contributed by atoms with Crippen LogP contribution in [0, 0.1) is 12.8 Å². The van der Waals surface area contributed by atoms with E-state index in [0.29, 0.717) is 23.8 Å². The number of carbonyl (C=O) groups excluding carboxylic acids is 1. The van der Waals surface area contributed by atoms with Crippen molar-refractivity contribution in [2.24, 2.45) is 5.92 Å². The molecule has 25 heavy (non-hydrogen) atoms. The summed E-state index contributed by atoms with van der Waals surface area (Å²) < 4.78 is 1.63. The molecule has 0 radical (unpaired) electrons. The summed E-state index contributed by atoms with van der Waals surface area (Å²) in [5, 5.41) is 16.2. The smallest absolute Gasteiger partial charge is 0.356 e. The SMILES string of the molecule is Cc1ccc(C(=O)Nc2cc(C(=O)O)nn2CC2CCCCC2)cc1. The van der Waals surface area contributed by atoms with Gasteiger partial charge in [0.2, 0.25) is 0 Å². The Balaban J connectivity index is 1.79. The van der Waals surface area contributed by atoms with E-state index in [2.05, 4.69) is 10.4 Å². The highest BCUT2D eigenvalue weighted by Crippen LogP contribution is 2.26. The molecule has 0 spiro atoms. The van der Waals surface area contributed by atoms with Crippen LogP contribution in [-0.2, 0) is 6.54 Å². The predicted molar refractivity (Wildman–Crippen MR) is 94.9 cm³/mol. The van der Waals surface area contributed by atoms with Crippen LogP contribution >= 0.6 is 0 Å². The molecule has 0 unspecified atom stereocenters. The molecular weight excluding hydrogens is 318 g/mol. The molecule has 2 aromatic rings. The molecule has 1 saturated carbocycles. The van der Waals surface area contributed by atoms with E-state index in [-0.39, 0.29) is 11.6 Å². The monoisotopic (exact) mass is 341 g/mol. The van der Waals surface area contributed by atoms with Gasteiger partial charge in [0.25, 0.3) is 5.91 Å². The minimum Gasteiger partial charge on any atom is -0.476 e. The van der Waals surface area contributed by atoms with E-state index in [1.165, 1.54) is 25.3 Å². The second-order valence-electron chi connectivity index (χ2n) is 6.73. The lowest BCUT2D eigenvalue weighted by Crippen LogP contribution is -2.20. The summed E-state index contributed by atoms with van der Waals surface area (Å²) in [7, 11) is 0. The minimum absolute atomic E-state index is 0.0463. The number of nitrogens with zero attached hydrogens (tertiary/aromatic N) is 2. The summed E-state index contributed by atoms with van der Waals surface area (Å²) in [5.41, 5.74) is 1.56. The fourth-order valence-electron chi connectivity index (χ4n) is 3.27. The Morgan fingerprint density at radius 2 is 1.88 bits per heavy atom. The van der Waals surface area contributed by atoms with Gasteiger partial charge in [0, 0.05) is 18.2 Å². The summed E-state index contributed by atoms with van der Waals surface area (Å²) >= 11 is 0. The lowest BCUT2D eigenvalue weighted by atomic mass is 9.89. The average molecular weight is 341 g/mol. The van der Waals surface area contributed by atoms with Crippen molar-refractivity contribution in [3.05, 3.63) is 47.2 Å². The molecule has 1 amide bonds. The fourth-order valence-corrected chi connectivity index (χ4v) is 3.27. The molecule has 0 aliphatic heterocycles. The lowest BCUT2D eigenvalue weighted by molar-refractivity contribution is 0.0689. The van der Waals surface area contributed by atoms with Gasteiger partial charge in [-0.3, -0.25) is 4.79 Å². The molecule has 1 aliphatic rings. The van der Waals surface area contributed by atoms with Gasteiger partial charge in [-0.25, -0.2) is 9.48 Å². The van der Waals surface area contributed by atoms with Crippen molar-refractivity contribution in [3.8, 4) is 0 Å². The number of aromatic carboxylic acids is 1. The van der Waals surface area contributed by atoms with Gasteiger partial charge in [0.1, 0.15) is 5.82 Å². The van der Waals surface area contributed by atoms with Crippen molar-refractivity contribution in [1.29, 1.82) is 0 Å². The van der Waals surface area contributed by atoms with Gasteiger partial charge in [-0.15, -0.1) is 0 Å². The van der Waals surface area contributed by atoms with Crippen LogP contribution in [0.3, 0.4) is 0 Å². The molecule has 1 heterocycles. The number of hydrogen-bond acceptors (Lipinski definition) is 3. The number of nitrogens with one attached hydrogen (secondary N) is 1. The summed E-state index contributed by atoms with van der Waals surface area (Å²) in [4.78, 5) is 23.7. The third kappa shape index (κ3) is 4.26. The van der Waals surface area contributed by atoms with Crippen molar-refractivity contribution in [1.82, 2.24) is 9.78 Å². The number of benzene rings is 1. The number of aromatic nitrogens is 2. The number of hydrogen-bond donors (Lipinski definition) is 2. The number of amides is 1. The Bertz CT molecular complexity index is 759. The van der Waals surface area contributed by atoms with Crippen molar-refractivity contribution < 1.29 is 14.7 Å². The highest BCUT2D eigenvalue weighted by molar-refractivity contribution is 6.04. The second kappa shape index (κ2) is 7.51. The Kier molecular flexibility index (Phi) is 5.16. The van der Waals surface area contributed by atoms with Gasteiger partial charge >= 0.3 is 5.97 Å². The third-order valence-electron chi connectivity index (χ3n) is 4.71. The van der Waals surface area contributed by atoms with Crippen LogP contribution in [0.1, 0.15) is 58.5 Å². The van der Waals surface area contributed by atoms with Crippen LogP contribution in [0.5, 0.6) is 0 Å². The van der Waals surface area contributed by atoms with Gasteiger partial charge < -0.3 is 10.4 Å². The third-order valence-corrected chi connectivity index (χ3v) is 4.71. The van der Waals surface area contributed by atoms with E-state index in [1.54, 1.807) is 16.8 Å². The molecule has 1 fully saturated rings. The van der Waals surface area contributed by atoms with E-state index >= 15 is 0 Å². The second-order valence-corrected chi connectivity index (χ2v) is 6.73. The zero-order valence-corrected chi connectivity index (χ0v) is 14.4. The first-order valence-electron chi connectivity index (χ1n) is 8.72. The summed E-state index contributed by atoms with van der Waals surface area (Å²) in [5.74, 6) is -0.436. The van der Waals surface area contributed by atoms with Gasteiger partial charge in [-0.2, -0.15) is 5.10 Å². The van der Waals surface area contributed by atoms with E-state index in [1.807, 2.05) is 19.1 Å². The zero-order valence-electron chi connectivity index (χ0n) is 14.4. The summed E-state index contributed by atoms with van der Waals surface area (Å²) in [6, 6.07) is 8.68. The molecule has 0 atom stereocenters. The quantitative estimate of drug-likeness (QED) is 0.868. The molecule has 1 aromatic heterocycles. The summed E-state index contributed by atoms with van der Waals surface area (Å²) in [6.07, 6.45) is 5.89. The van der Waals surface area contributed by atoms with Crippen molar-refractivity contribution in [2.75, 3.05) is 5.32 Å². The van der Waals surface area contributed by atoms with Gasteiger partial charge in [-0.1, -0.05) is 37.0 Å². The minimum atomic E-state index is -1.09. The number of aryl methyl sites for hydroxylation is 1. The van der Waals surface area contributed by atoms with Gasteiger partial charge in [0.15, 0.2) is 5.69 Å². The average Bonchev–Trinajstić information content (AvgIpc) is 2.99. The highest BCUT2D eigenvalue weighted by atomic mass is 16.4. The lowest BCUT2D eigenvalue weighted by Gasteiger charge is -2.22. The normalized spacial score (nSPS) is 15.1. The first kappa shape index (κ1) is 17.2. The van der Waals surface area contributed by atoms with Crippen LogP contribution in [0.15, 0.2) is 30.3 Å². The predicted octanol–water partition coefficient (Wildman–Crippen LogP) is 3.72. The van der Waals surface area contributed by atoms with E-state index in [0.717, 1.165) is 18.4 Å². The van der Waals surface area contributed by atoms with Crippen LogP contribution < -0.4 is 5.32 Å². The van der Waals surface area contributed by atoms with Crippen LogP contribution in [0.2, 0.25) is 0 Å². The topological polar surface area (TPSA) is 84.2 Å². The number of carbonyl (C=O) groups is 2. The maximum absolute atomic E-state index is 12.4. The van der Waals surface area contributed by atoms with Crippen molar-refractivity contribution >= 4 is 17.7 Å². The Hall–Kier alpha value is -2.63. The Morgan fingerprint density at radius 1 is 1.20 bits per heavy atom. The molecule has 0 saturated heterocycles. The van der Waals surface area contributed by atoms with E-state index in [9.17, 15) is 14.7 Å². The first-order chi connectivity index (χ1) is 12.0. The van der Waals surface area contributed by atoms with E-state index in [4.69, 9.17) is 0 Å². The van der Waals surface area contributed by atoms with Gasteiger partial charge in [0.05, 0.1) is 0 Å². The summed E-state index contributed by atoms with van der Waals surface area (Å²) in [6.45, 7) is 2.59.